The van der Waals surface area contributed by atoms with Crippen molar-refractivity contribution in [3.63, 3.8) is 0 Å². The number of hydrogen-bond acceptors (Lipinski definition) is 7. The first-order chi connectivity index (χ1) is 16.4. The van der Waals surface area contributed by atoms with E-state index in [-0.39, 0.29) is 34.8 Å². The van der Waals surface area contributed by atoms with Gasteiger partial charge in [0.05, 0.1) is 23.6 Å². The number of H-pyrrole nitrogens is 1. The van der Waals surface area contributed by atoms with E-state index in [1.165, 1.54) is 12.7 Å². The van der Waals surface area contributed by atoms with Crippen molar-refractivity contribution in [2.45, 2.75) is 49.4 Å². The summed E-state index contributed by atoms with van der Waals surface area (Å²) in [7, 11) is 3.63. The Labute approximate surface area is 205 Å². The number of nitrogens with zero attached hydrogens (tertiary/aromatic N) is 5. The Morgan fingerprint density at radius 1 is 1.35 bits per heavy atom. The van der Waals surface area contributed by atoms with Gasteiger partial charge < -0.3 is 14.4 Å². The molecule has 0 radical (unpaired) electrons. The summed E-state index contributed by atoms with van der Waals surface area (Å²) in [6, 6.07) is 9.78. The minimum Gasteiger partial charge on any atom is -0.456 e. The molecule has 180 valence electrons. The van der Waals surface area contributed by atoms with Gasteiger partial charge in [-0.2, -0.15) is 4.98 Å². The number of fused-ring (bicyclic) bond motifs is 1. The summed E-state index contributed by atoms with van der Waals surface area (Å²) in [6.45, 7) is 2.00. The predicted octanol–water partition coefficient (Wildman–Crippen LogP) is 2.96. The molecule has 2 aromatic heterocycles. The van der Waals surface area contributed by atoms with Crippen molar-refractivity contribution in [3.8, 4) is 0 Å². The summed E-state index contributed by atoms with van der Waals surface area (Å²) in [6.07, 6.45) is 3.05. The Kier molecular flexibility index (Phi) is 7.42. The average Bonchev–Trinajstić information content (AvgIpc) is 3.38. The van der Waals surface area contributed by atoms with Crippen LogP contribution < -0.4 is 5.56 Å². The SMILES string of the molecule is CC[C@H]1O[C@@H](n2cnc3c(=O)[nH]c(N=CN(C)C)nc32)[C@H](OC(=O)CCc2ccccc2)[C@H]1Br. The molecule has 1 fully saturated rings. The quantitative estimate of drug-likeness (QED) is 0.206. The Hall–Kier alpha value is -3.05. The van der Waals surface area contributed by atoms with Gasteiger partial charge in [-0.05, 0) is 18.4 Å². The Bertz CT molecular complexity index is 1230. The van der Waals surface area contributed by atoms with Gasteiger partial charge in [0.25, 0.3) is 5.56 Å². The van der Waals surface area contributed by atoms with Crippen molar-refractivity contribution < 1.29 is 14.3 Å². The van der Waals surface area contributed by atoms with E-state index in [0.717, 1.165) is 5.56 Å². The first-order valence-electron chi connectivity index (χ1n) is 11.1. The normalized spacial score (nSPS) is 22.5. The minimum absolute atomic E-state index is 0.143. The molecule has 3 heterocycles. The molecule has 0 aliphatic carbocycles. The molecule has 1 N–H and O–H groups in total. The Morgan fingerprint density at radius 3 is 2.82 bits per heavy atom. The molecule has 11 heteroatoms. The van der Waals surface area contributed by atoms with Crippen molar-refractivity contribution in [2.75, 3.05) is 14.1 Å². The van der Waals surface area contributed by atoms with Gasteiger partial charge in [0.15, 0.2) is 23.5 Å². The van der Waals surface area contributed by atoms with Gasteiger partial charge in [-0.25, -0.2) is 9.98 Å². The zero-order valence-corrected chi connectivity index (χ0v) is 20.8. The standard InChI is InChI=1S/C23H27BrN6O4/c1-4-15-17(24)19(34-16(31)11-10-14-8-6-5-7-9-14)22(33-15)30-13-25-18-20(30)27-23(28-21(18)32)26-12-29(2)3/h5-9,12-13,15,17,19,22H,4,10-11H2,1-3H3,(H,27,28,32)/t15-,17+,19-,22-/m1/s1. The molecule has 0 unspecified atom stereocenters. The van der Waals surface area contributed by atoms with Crippen LogP contribution in [0.15, 0.2) is 46.4 Å². The second kappa shape index (κ2) is 10.5. The molecule has 0 spiro atoms. The molecule has 0 saturated carbocycles. The van der Waals surface area contributed by atoms with E-state index in [1.54, 1.807) is 9.47 Å². The first kappa shape index (κ1) is 24.1. The summed E-state index contributed by atoms with van der Waals surface area (Å²) < 4.78 is 13.8. The number of aliphatic imine (C=N–C) groups is 1. The number of ether oxygens (including phenoxy) is 2. The van der Waals surface area contributed by atoms with Gasteiger partial charge in [0, 0.05) is 20.5 Å². The number of benzene rings is 1. The van der Waals surface area contributed by atoms with E-state index in [1.807, 2.05) is 51.4 Å². The van der Waals surface area contributed by atoms with Crippen molar-refractivity contribution in [1.82, 2.24) is 24.4 Å². The summed E-state index contributed by atoms with van der Waals surface area (Å²) in [5.74, 6) is -0.181. The number of hydrogen-bond donors (Lipinski definition) is 1. The number of halogens is 1. The zero-order valence-electron chi connectivity index (χ0n) is 19.2. The number of nitrogens with one attached hydrogen (secondary N) is 1. The monoisotopic (exact) mass is 530 g/mol. The van der Waals surface area contributed by atoms with E-state index in [0.29, 0.717) is 18.5 Å². The molecule has 34 heavy (non-hydrogen) atoms. The fourth-order valence-electron chi connectivity index (χ4n) is 3.80. The lowest BCUT2D eigenvalue weighted by molar-refractivity contribution is -0.154. The van der Waals surface area contributed by atoms with Crippen LogP contribution in [0, 0.1) is 0 Å². The maximum absolute atomic E-state index is 12.7. The predicted molar refractivity (Wildman–Crippen MR) is 132 cm³/mol. The molecule has 0 bridgehead atoms. The summed E-state index contributed by atoms with van der Waals surface area (Å²) in [4.78, 5) is 42.3. The molecule has 10 nitrogen and oxygen atoms in total. The van der Waals surface area contributed by atoms with E-state index in [9.17, 15) is 9.59 Å². The molecule has 4 rings (SSSR count). The highest BCUT2D eigenvalue weighted by Gasteiger charge is 2.46. The van der Waals surface area contributed by atoms with Gasteiger partial charge >= 0.3 is 5.97 Å². The summed E-state index contributed by atoms with van der Waals surface area (Å²) >= 11 is 3.66. The molecule has 0 amide bonds. The van der Waals surface area contributed by atoms with Gasteiger partial charge in [-0.15, -0.1) is 0 Å². The number of carbonyl (C=O) groups is 1. The van der Waals surface area contributed by atoms with Crippen LogP contribution in [0.4, 0.5) is 5.95 Å². The maximum atomic E-state index is 12.7. The highest BCUT2D eigenvalue weighted by atomic mass is 79.9. The van der Waals surface area contributed by atoms with E-state index in [2.05, 4.69) is 35.9 Å². The van der Waals surface area contributed by atoms with Gasteiger partial charge in [-0.1, -0.05) is 53.2 Å². The van der Waals surface area contributed by atoms with Crippen LogP contribution in [0.25, 0.3) is 11.2 Å². The molecular formula is C23H27BrN6O4. The second-order valence-electron chi connectivity index (χ2n) is 8.28. The number of rotatable bonds is 8. The molecule has 1 aliphatic heterocycles. The smallest absolute Gasteiger partial charge is 0.306 e. The highest BCUT2D eigenvalue weighted by Crippen LogP contribution is 2.38. The Balaban J connectivity index is 1.60. The van der Waals surface area contributed by atoms with Gasteiger partial charge in [-0.3, -0.25) is 19.1 Å². The van der Waals surface area contributed by atoms with Gasteiger partial charge in [0.1, 0.15) is 0 Å². The first-order valence-corrected chi connectivity index (χ1v) is 12.0. The van der Waals surface area contributed by atoms with E-state index in [4.69, 9.17) is 9.47 Å². The van der Waals surface area contributed by atoms with Crippen LogP contribution >= 0.6 is 15.9 Å². The fraction of sp³-hybridized carbons (Fsp3) is 0.435. The van der Waals surface area contributed by atoms with Crippen molar-refractivity contribution in [1.29, 1.82) is 0 Å². The van der Waals surface area contributed by atoms with Crippen LogP contribution in [-0.4, -0.2) is 67.9 Å². The van der Waals surface area contributed by atoms with Crippen LogP contribution in [0.5, 0.6) is 0 Å². The van der Waals surface area contributed by atoms with E-state index < -0.39 is 17.9 Å². The third kappa shape index (κ3) is 5.20. The maximum Gasteiger partial charge on any atom is 0.306 e. The number of imidazole rings is 1. The second-order valence-corrected chi connectivity index (χ2v) is 9.34. The number of aryl methyl sites for hydroxylation is 1. The summed E-state index contributed by atoms with van der Waals surface area (Å²) in [5.41, 5.74) is 1.12. The molecule has 1 aromatic carbocycles. The van der Waals surface area contributed by atoms with Crippen LogP contribution in [0.3, 0.4) is 0 Å². The van der Waals surface area contributed by atoms with Crippen molar-refractivity contribution in [2.24, 2.45) is 4.99 Å². The topological polar surface area (TPSA) is 115 Å². The van der Waals surface area contributed by atoms with Crippen LogP contribution in [0.1, 0.15) is 31.6 Å². The number of aromatic nitrogens is 4. The molecule has 1 aliphatic rings. The average molecular weight is 531 g/mol. The Morgan fingerprint density at radius 2 is 2.12 bits per heavy atom. The molecular weight excluding hydrogens is 504 g/mol. The number of esters is 1. The molecule has 3 aromatic rings. The lowest BCUT2D eigenvalue weighted by Gasteiger charge is -2.22. The molecule has 4 atom stereocenters. The minimum atomic E-state index is -0.694. The van der Waals surface area contributed by atoms with Crippen LogP contribution in [0.2, 0.25) is 0 Å². The zero-order chi connectivity index (χ0) is 24.2. The van der Waals surface area contributed by atoms with Crippen molar-refractivity contribution >= 4 is 45.4 Å². The van der Waals surface area contributed by atoms with E-state index >= 15 is 0 Å². The van der Waals surface area contributed by atoms with Crippen LogP contribution in [-0.2, 0) is 20.7 Å². The lowest BCUT2D eigenvalue weighted by atomic mass is 10.1. The fourth-order valence-corrected chi connectivity index (χ4v) is 4.67. The number of alkyl halides is 1. The van der Waals surface area contributed by atoms with Gasteiger partial charge in [0.2, 0.25) is 5.95 Å². The van der Waals surface area contributed by atoms with Crippen molar-refractivity contribution in [3.05, 3.63) is 52.6 Å². The lowest BCUT2D eigenvalue weighted by Crippen LogP contribution is -2.32. The summed E-state index contributed by atoms with van der Waals surface area (Å²) in [5, 5.41) is 0. The number of aromatic amines is 1. The number of carbonyl (C=O) groups excluding carboxylic acids is 1. The molecule has 1 saturated heterocycles. The third-order valence-electron chi connectivity index (χ3n) is 5.50. The third-order valence-corrected chi connectivity index (χ3v) is 6.61. The highest BCUT2D eigenvalue weighted by molar-refractivity contribution is 9.09. The largest absolute Gasteiger partial charge is 0.456 e.